The van der Waals surface area contributed by atoms with Gasteiger partial charge in [0, 0.05) is 24.7 Å². The summed E-state index contributed by atoms with van der Waals surface area (Å²) in [5, 5.41) is 0. The molecule has 0 aromatic heterocycles. The fourth-order valence-corrected chi connectivity index (χ4v) is 4.97. The van der Waals surface area contributed by atoms with E-state index in [1.165, 1.54) is 64.2 Å². The van der Waals surface area contributed by atoms with Crippen molar-refractivity contribution in [1.29, 1.82) is 0 Å². The van der Waals surface area contributed by atoms with Crippen LogP contribution >= 0.6 is 0 Å². The van der Waals surface area contributed by atoms with Crippen molar-refractivity contribution in [3.63, 3.8) is 0 Å². The Morgan fingerprint density at radius 3 is 2.10 bits per heavy atom. The molecule has 1 heterocycles. The zero-order chi connectivity index (χ0) is 13.8. The average molecular weight is 280 g/mol. The van der Waals surface area contributed by atoms with Gasteiger partial charge < -0.3 is 10.5 Å². The SMILES string of the molecule is NC(C1CCCCCC1)C1(N2CCOCC2)CCCC1. The van der Waals surface area contributed by atoms with Crippen molar-refractivity contribution in [2.24, 2.45) is 11.7 Å². The molecule has 1 atom stereocenters. The van der Waals surface area contributed by atoms with E-state index >= 15 is 0 Å². The van der Waals surface area contributed by atoms with E-state index in [2.05, 4.69) is 4.90 Å². The van der Waals surface area contributed by atoms with Crippen molar-refractivity contribution in [1.82, 2.24) is 4.90 Å². The summed E-state index contributed by atoms with van der Waals surface area (Å²) < 4.78 is 5.57. The van der Waals surface area contributed by atoms with E-state index in [4.69, 9.17) is 10.5 Å². The van der Waals surface area contributed by atoms with E-state index in [9.17, 15) is 0 Å². The minimum Gasteiger partial charge on any atom is -0.379 e. The van der Waals surface area contributed by atoms with Crippen molar-refractivity contribution >= 4 is 0 Å². The molecule has 0 aromatic rings. The molecule has 1 saturated heterocycles. The standard InChI is InChI=1S/C17H32N2O/c18-16(15-7-3-1-2-4-8-15)17(9-5-6-10-17)19-11-13-20-14-12-19/h15-16H,1-14,18H2. The van der Waals surface area contributed by atoms with Gasteiger partial charge in [-0.1, -0.05) is 38.5 Å². The van der Waals surface area contributed by atoms with Gasteiger partial charge in [0.25, 0.3) is 0 Å². The lowest BCUT2D eigenvalue weighted by atomic mass is 9.76. The number of nitrogens with zero attached hydrogens (tertiary/aromatic N) is 1. The van der Waals surface area contributed by atoms with Crippen molar-refractivity contribution in [2.75, 3.05) is 26.3 Å². The molecule has 1 aliphatic heterocycles. The van der Waals surface area contributed by atoms with E-state index in [0.29, 0.717) is 11.6 Å². The normalized spacial score (nSPS) is 31.1. The summed E-state index contributed by atoms with van der Waals surface area (Å²) in [6, 6.07) is 0.390. The minimum atomic E-state index is 0.304. The summed E-state index contributed by atoms with van der Waals surface area (Å²) in [7, 11) is 0. The van der Waals surface area contributed by atoms with Gasteiger partial charge in [-0.2, -0.15) is 0 Å². The summed E-state index contributed by atoms with van der Waals surface area (Å²) in [5.74, 6) is 0.762. The Balaban J connectivity index is 1.74. The molecule has 3 rings (SSSR count). The number of nitrogens with two attached hydrogens (primary N) is 1. The fourth-order valence-electron chi connectivity index (χ4n) is 4.97. The second-order valence-corrected chi connectivity index (χ2v) is 7.19. The lowest BCUT2D eigenvalue weighted by molar-refractivity contribution is -0.0392. The van der Waals surface area contributed by atoms with E-state index in [-0.39, 0.29) is 0 Å². The molecule has 2 saturated carbocycles. The number of rotatable bonds is 3. The van der Waals surface area contributed by atoms with Crippen molar-refractivity contribution < 1.29 is 4.74 Å². The fraction of sp³-hybridized carbons (Fsp3) is 1.00. The van der Waals surface area contributed by atoms with Gasteiger partial charge in [-0.15, -0.1) is 0 Å². The smallest absolute Gasteiger partial charge is 0.0594 e. The van der Waals surface area contributed by atoms with Crippen LogP contribution in [0.4, 0.5) is 0 Å². The van der Waals surface area contributed by atoms with Gasteiger partial charge in [0.15, 0.2) is 0 Å². The van der Waals surface area contributed by atoms with Gasteiger partial charge >= 0.3 is 0 Å². The van der Waals surface area contributed by atoms with Crippen LogP contribution in [0.25, 0.3) is 0 Å². The lowest BCUT2D eigenvalue weighted by Crippen LogP contribution is -2.63. The zero-order valence-electron chi connectivity index (χ0n) is 13.0. The van der Waals surface area contributed by atoms with E-state index in [1.807, 2.05) is 0 Å². The molecule has 2 N–H and O–H groups in total. The summed E-state index contributed by atoms with van der Waals surface area (Å²) in [6.07, 6.45) is 13.8. The molecule has 0 spiro atoms. The molecule has 20 heavy (non-hydrogen) atoms. The summed E-state index contributed by atoms with van der Waals surface area (Å²) in [6.45, 7) is 4.00. The van der Waals surface area contributed by atoms with E-state index < -0.39 is 0 Å². The Bertz CT molecular complexity index is 287. The third kappa shape index (κ3) is 2.90. The van der Waals surface area contributed by atoms with Crippen LogP contribution in [-0.2, 0) is 4.74 Å². The molecule has 0 bridgehead atoms. The van der Waals surface area contributed by atoms with Crippen LogP contribution in [0.3, 0.4) is 0 Å². The van der Waals surface area contributed by atoms with Crippen LogP contribution in [0, 0.1) is 5.92 Å². The van der Waals surface area contributed by atoms with Gasteiger partial charge in [-0.3, -0.25) is 4.90 Å². The average Bonchev–Trinajstić information content (AvgIpc) is 2.84. The number of ether oxygens (including phenoxy) is 1. The molecule has 0 aromatic carbocycles. The zero-order valence-corrected chi connectivity index (χ0v) is 13.0. The molecule has 3 fully saturated rings. The largest absolute Gasteiger partial charge is 0.379 e. The minimum absolute atomic E-state index is 0.304. The van der Waals surface area contributed by atoms with E-state index in [0.717, 1.165) is 32.2 Å². The van der Waals surface area contributed by atoms with Crippen molar-refractivity contribution in [3.8, 4) is 0 Å². The lowest BCUT2D eigenvalue weighted by Gasteiger charge is -2.49. The number of hydrogen-bond acceptors (Lipinski definition) is 3. The maximum atomic E-state index is 6.91. The third-order valence-electron chi connectivity index (χ3n) is 6.14. The first-order chi connectivity index (χ1) is 9.83. The highest BCUT2D eigenvalue weighted by Crippen LogP contribution is 2.42. The quantitative estimate of drug-likeness (QED) is 0.808. The van der Waals surface area contributed by atoms with Gasteiger partial charge in [0.1, 0.15) is 0 Å². The summed E-state index contributed by atoms with van der Waals surface area (Å²) >= 11 is 0. The monoisotopic (exact) mass is 280 g/mol. The number of morpholine rings is 1. The number of hydrogen-bond donors (Lipinski definition) is 1. The highest BCUT2D eigenvalue weighted by Gasteiger charge is 2.47. The molecule has 3 aliphatic rings. The van der Waals surface area contributed by atoms with Gasteiger partial charge in [-0.25, -0.2) is 0 Å². The first-order valence-electron chi connectivity index (χ1n) is 8.91. The molecule has 2 aliphatic carbocycles. The Hall–Kier alpha value is -0.120. The van der Waals surface area contributed by atoms with Crippen LogP contribution in [0.2, 0.25) is 0 Å². The Morgan fingerprint density at radius 1 is 0.900 bits per heavy atom. The molecule has 0 radical (unpaired) electrons. The first-order valence-corrected chi connectivity index (χ1v) is 8.91. The third-order valence-corrected chi connectivity index (χ3v) is 6.14. The molecule has 3 heteroatoms. The van der Waals surface area contributed by atoms with Crippen LogP contribution in [0.1, 0.15) is 64.2 Å². The maximum absolute atomic E-state index is 6.91. The van der Waals surface area contributed by atoms with Crippen molar-refractivity contribution in [2.45, 2.75) is 75.8 Å². The van der Waals surface area contributed by atoms with Gasteiger partial charge in [-0.05, 0) is 31.6 Å². The molecular formula is C17H32N2O. The highest BCUT2D eigenvalue weighted by atomic mass is 16.5. The first kappa shape index (κ1) is 14.8. The van der Waals surface area contributed by atoms with Crippen LogP contribution in [-0.4, -0.2) is 42.8 Å². The van der Waals surface area contributed by atoms with Crippen LogP contribution in [0.5, 0.6) is 0 Å². The predicted molar refractivity (Wildman–Crippen MR) is 82.8 cm³/mol. The van der Waals surface area contributed by atoms with Crippen LogP contribution < -0.4 is 5.73 Å². The van der Waals surface area contributed by atoms with Crippen molar-refractivity contribution in [3.05, 3.63) is 0 Å². The van der Waals surface area contributed by atoms with Gasteiger partial charge in [0.2, 0.25) is 0 Å². The topological polar surface area (TPSA) is 38.5 Å². The Kier molecular flexibility index (Phi) is 5.00. The maximum Gasteiger partial charge on any atom is 0.0594 e. The molecular weight excluding hydrogens is 248 g/mol. The predicted octanol–water partition coefficient (Wildman–Crippen LogP) is 2.93. The van der Waals surface area contributed by atoms with Gasteiger partial charge in [0.05, 0.1) is 13.2 Å². The van der Waals surface area contributed by atoms with Crippen LogP contribution in [0.15, 0.2) is 0 Å². The summed E-state index contributed by atoms with van der Waals surface area (Å²) in [5.41, 5.74) is 7.21. The summed E-state index contributed by atoms with van der Waals surface area (Å²) in [4.78, 5) is 2.71. The second kappa shape index (κ2) is 6.76. The molecule has 116 valence electrons. The Morgan fingerprint density at radius 2 is 1.50 bits per heavy atom. The Labute approximate surface area is 124 Å². The van der Waals surface area contributed by atoms with E-state index in [1.54, 1.807) is 0 Å². The molecule has 1 unspecified atom stereocenters. The molecule has 0 amide bonds. The molecule has 3 nitrogen and oxygen atoms in total. The highest BCUT2D eigenvalue weighted by molar-refractivity contribution is 5.05. The second-order valence-electron chi connectivity index (χ2n) is 7.19.